The molecular weight excluding hydrogens is 333 g/mol. The van der Waals surface area contributed by atoms with Crippen LogP contribution in [0.3, 0.4) is 0 Å². The number of nitrogens with two attached hydrogens (primary N) is 1. The van der Waals surface area contributed by atoms with Gasteiger partial charge in [0.15, 0.2) is 0 Å². The van der Waals surface area contributed by atoms with Crippen molar-refractivity contribution in [2.24, 2.45) is 0 Å². The number of aromatic hydroxyl groups is 1. The highest BCUT2D eigenvalue weighted by molar-refractivity contribution is 5.56. The van der Waals surface area contributed by atoms with E-state index in [1.54, 1.807) is 12.1 Å². The van der Waals surface area contributed by atoms with Crippen molar-refractivity contribution in [3.63, 3.8) is 0 Å². The highest BCUT2D eigenvalue weighted by Gasteiger charge is 2.18. The molecule has 2 atom stereocenters. The molecule has 0 amide bonds. The Labute approximate surface area is 153 Å². The van der Waals surface area contributed by atoms with Crippen LogP contribution in [0, 0.1) is 17.1 Å². The Morgan fingerprint density at radius 2 is 1.92 bits per heavy atom. The lowest BCUT2D eigenvalue weighted by atomic mass is 10.0. The Morgan fingerprint density at radius 1 is 1.27 bits per heavy atom. The summed E-state index contributed by atoms with van der Waals surface area (Å²) in [7, 11) is 1.89. The fourth-order valence-corrected chi connectivity index (χ4v) is 2.74. The number of phenols is 1. The third kappa shape index (κ3) is 4.94. The largest absolute Gasteiger partial charge is 0.508 e. The van der Waals surface area contributed by atoms with Crippen LogP contribution in [0.5, 0.6) is 5.75 Å². The monoisotopic (exact) mass is 357 g/mol. The van der Waals surface area contributed by atoms with E-state index in [2.05, 4.69) is 6.92 Å². The summed E-state index contributed by atoms with van der Waals surface area (Å²) in [5, 5.41) is 28.7. The smallest absolute Gasteiger partial charge is 0.147 e. The molecule has 4 N–H and O–H groups in total. The number of anilines is 1. The predicted octanol–water partition coefficient (Wildman–Crippen LogP) is 2.97. The standard InChI is InChI=1S/C20H24FN3O2/c1-13(3-4-14-5-7-17(25)8-6-14)24(2)12-19(26)15-9-16(11-22)20(23)18(21)10-15/h5-10,13,19,25-26H,3-4,12,23H2,1-2H3. The molecule has 0 aliphatic rings. The minimum Gasteiger partial charge on any atom is -0.508 e. The van der Waals surface area contributed by atoms with Gasteiger partial charge in [-0.25, -0.2) is 4.39 Å². The van der Waals surface area contributed by atoms with Crippen LogP contribution in [0.4, 0.5) is 10.1 Å². The lowest BCUT2D eigenvalue weighted by molar-refractivity contribution is 0.106. The molecule has 0 heterocycles. The van der Waals surface area contributed by atoms with Crippen molar-refractivity contribution in [2.45, 2.75) is 31.9 Å². The average Bonchev–Trinajstić information content (AvgIpc) is 2.62. The molecule has 0 aromatic heterocycles. The van der Waals surface area contributed by atoms with Crippen molar-refractivity contribution >= 4 is 5.69 Å². The number of nitriles is 1. The first kappa shape index (κ1) is 19.7. The number of aryl methyl sites for hydroxylation is 1. The fraction of sp³-hybridized carbons (Fsp3) is 0.350. The number of nitrogens with zero attached hydrogens (tertiary/aromatic N) is 2. The molecule has 0 fully saturated rings. The zero-order valence-corrected chi connectivity index (χ0v) is 15.0. The van der Waals surface area contributed by atoms with Gasteiger partial charge in [-0.2, -0.15) is 5.26 Å². The molecule has 2 aromatic carbocycles. The van der Waals surface area contributed by atoms with Crippen LogP contribution in [0.25, 0.3) is 0 Å². The van der Waals surface area contributed by atoms with Crippen molar-refractivity contribution in [2.75, 3.05) is 19.3 Å². The molecule has 2 aromatic rings. The number of hydrogen-bond donors (Lipinski definition) is 3. The fourth-order valence-electron chi connectivity index (χ4n) is 2.74. The summed E-state index contributed by atoms with van der Waals surface area (Å²) in [6, 6.07) is 11.7. The Hall–Kier alpha value is -2.62. The number of phenolic OH excluding ortho intramolecular Hbond substituents is 1. The number of hydrogen-bond acceptors (Lipinski definition) is 5. The van der Waals surface area contributed by atoms with E-state index in [1.807, 2.05) is 30.1 Å². The lowest BCUT2D eigenvalue weighted by Crippen LogP contribution is -2.33. The third-order valence-electron chi connectivity index (χ3n) is 4.66. The summed E-state index contributed by atoms with van der Waals surface area (Å²) in [6.07, 6.45) is 0.795. The van der Waals surface area contributed by atoms with Crippen LogP contribution < -0.4 is 5.73 Å². The highest BCUT2D eigenvalue weighted by atomic mass is 19.1. The molecule has 2 unspecified atom stereocenters. The van der Waals surface area contributed by atoms with Crippen LogP contribution in [0.15, 0.2) is 36.4 Å². The number of likely N-dealkylation sites (N-methyl/N-ethyl adjacent to an activating group) is 1. The molecule has 2 rings (SSSR count). The first-order valence-electron chi connectivity index (χ1n) is 8.47. The normalized spacial score (nSPS) is 13.4. The van der Waals surface area contributed by atoms with Crippen molar-refractivity contribution < 1.29 is 14.6 Å². The molecule has 0 saturated carbocycles. The van der Waals surface area contributed by atoms with E-state index < -0.39 is 11.9 Å². The molecule has 0 spiro atoms. The summed E-state index contributed by atoms with van der Waals surface area (Å²) >= 11 is 0. The van der Waals surface area contributed by atoms with Gasteiger partial charge in [-0.15, -0.1) is 0 Å². The second-order valence-electron chi connectivity index (χ2n) is 6.59. The maximum atomic E-state index is 13.8. The van der Waals surface area contributed by atoms with E-state index >= 15 is 0 Å². The van der Waals surface area contributed by atoms with Gasteiger partial charge < -0.3 is 20.8 Å². The Morgan fingerprint density at radius 3 is 2.54 bits per heavy atom. The highest BCUT2D eigenvalue weighted by Crippen LogP contribution is 2.24. The molecule has 138 valence electrons. The number of nitrogen functional groups attached to an aromatic ring is 1. The first-order chi connectivity index (χ1) is 12.3. The minimum atomic E-state index is -0.918. The average molecular weight is 357 g/mol. The Bertz CT molecular complexity index is 787. The van der Waals surface area contributed by atoms with Gasteiger partial charge >= 0.3 is 0 Å². The second-order valence-corrected chi connectivity index (χ2v) is 6.59. The van der Waals surface area contributed by atoms with E-state index in [1.165, 1.54) is 12.1 Å². The van der Waals surface area contributed by atoms with Gasteiger partial charge in [0.1, 0.15) is 17.6 Å². The summed E-state index contributed by atoms with van der Waals surface area (Å²) in [5.74, 6) is -0.448. The molecular formula is C20H24FN3O2. The van der Waals surface area contributed by atoms with Crippen molar-refractivity contribution in [3.05, 3.63) is 58.9 Å². The van der Waals surface area contributed by atoms with Crippen LogP contribution in [-0.4, -0.2) is 34.7 Å². The second kappa shape index (κ2) is 8.65. The first-order valence-corrected chi connectivity index (χ1v) is 8.47. The Kier molecular flexibility index (Phi) is 6.56. The van der Waals surface area contributed by atoms with Gasteiger partial charge in [0.05, 0.1) is 17.4 Å². The number of benzene rings is 2. The molecule has 0 aliphatic heterocycles. The maximum absolute atomic E-state index is 13.8. The molecule has 0 bridgehead atoms. The van der Waals surface area contributed by atoms with E-state index in [0.717, 1.165) is 18.4 Å². The van der Waals surface area contributed by atoms with Crippen LogP contribution in [0.2, 0.25) is 0 Å². The van der Waals surface area contributed by atoms with E-state index in [-0.39, 0.29) is 23.0 Å². The molecule has 0 radical (unpaired) electrons. The van der Waals surface area contributed by atoms with Crippen molar-refractivity contribution in [1.82, 2.24) is 4.90 Å². The van der Waals surface area contributed by atoms with E-state index in [4.69, 9.17) is 11.0 Å². The third-order valence-corrected chi connectivity index (χ3v) is 4.66. The summed E-state index contributed by atoms with van der Waals surface area (Å²) in [6.45, 7) is 2.36. The van der Waals surface area contributed by atoms with Crippen molar-refractivity contribution in [1.29, 1.82) is 5.26 Å². The number of halogens is 1. The molecule has 6 heteroatoms. The molecule has 0 aliphatic carbocycles. The lowest BCUT2D eigenvalue weighted by Gasteiger charge is -2.27. The zero-order chi connectivity index (χ0) is 19.3. The van der Waals surface area contributed by atoms with Gasteiger partial charge in [-0.1, -0.05) is 12.1 Å². The van der Waals surface area contributed by atoms with Gasteiger partial charge in [-0.05, 0) is 62.2 Å². The van der Waals surface area contributed by atoms with Gasteiger partial charge in [-0.3, -0.25) is 0 Å². The van der Waals surface area contributed by atoms with Crippen LogP contribution in [0.1, 0.15) is 36.1 Å². The SMILES string of the molecule is CC(CCc1ccc(O)cc1)N(C)CC(O)c1cc(F)c(N)c(C#N)c1. The predicted molar refractivity (Wildman–Crippen MR) is 99.0 cm³/mol. The van der Waals surface area contributed by atoms with E-state index in [0.29, 0.717) is 12.1 Å². The van der Waals surface area contributed by atoms with Gasteiger partial charge in [0, 0.05) is 12.6 Å². The molecule has 26 heavy (non-hydrogen) atoms. The number of aliphatic hydroxyl groups is 1. The zero-order valence-electron chi connectivity index (χ0n) is 15.0. The van der Waals surface area contributed by atoms with Gasteiger partial charge in [0.25, 0.3) is 0 Å². The maximum Gasteiger partial charge on any atom is 0.147 e. The summed E-state index contributed by atoms with van der Waals surface area (Å²) in [5.41, 5.74) is 6.81. The van der Waals surface area contributed by atoms with E-state index in [9.17, 15) is 14.6 Å². The Balaban J connectivity index is 1.95. The number of aliphatic hydroxyl groups excluding tert-OH is 1. The van der Waals surface area contributed by atoms with Gasteiger partial charge in [0.2, 0.25) is 0 Å². The minimum absolute atomic E-state index is 0.0297. The quantitative estimate of drug-likeness (QED) is 0.663. The topological polar surface area (TPSA) is 93.5 Å². The molecule has 0 saturated heterocycles. The van der Waals surface area contributed by atoms with Crippen molar-refractivity contribution in [3.8, 4) is 11.8 Å². The number of rotatable bonds is 7. The summed E-state index contributed by atoms with van der Waals surface area (Å²) < 4.78 is 13.8. The molecule has 5 nitrogen and oxygen atoms in total. The van der Waals surface area contributed by atoms with Crippen LogP contribution >= 0.6 is 0 Å². The summed E-state index contributed by atoms with van der Waals surface area (Å²) in [4.78, 5) is 1.99. The van der Waals surface area contributed by atoms with Crippen LogP contribution in [-0.2, 0) is 6.42 Å².